The summed E-state index contributed by atoms with van der Waals surface area (Å²) in [4.78, 5) is 28.2. The maximum atomic E-state index is 15.3. The topological polar surface area (TPSA) is 126 Å². The van der Waals surface area contributed by atoms with Crippen molar-refractivity contribution in [1.29, 1.82) is 5.26 Å². The Labute approximate surface area is 254 Å². The van der Waals surface area contributed by atoms with E-state index in [0.29, 0.717) is 29.1 Å². The van der Waals surface area contributed by atoms with Gasteiger partial charge in [0.05, 0.1) is 11.0 Å². The van der Waals surface area contributed by atoms with Crippen molar-refractivity contribution in [2.75, 3.05) is 13.1 Å². The fourth-order valence-electron chi connectivity index (χ4n) is 6.50. The number of carbonyl (C=O) groups is 2. The fourth-order valence-corrected chi connectivity index (χ4v) is 8.07. The number of nitrogens with one attached hydrogen (secondary N) is 1. The maximum Gasteiger partial charge on any atom is 0.411 e. The maximum absolute atomic E-state index is 15.3. The van der Waals surface area contributed by atoms with Crippen molar-refractivity contribution >= 4 is 22.8 Å². The van der Waals surface area contributed by atoms with E-state index in [2.05, 4.69) is 11.4 Å². The van der Waals surface area contributed by atoms with Crippen LogP contribution in [0.2, 0.25) is 0 Å². The zero-order valence-corrected chi connectivity index (χ0v) is 25.8. The number of nitriles is 1. The van der Waals surface area contributed by atoms with Crippen LogP contribution in [0.4, 0.5) is 9.18 Å². The summed E-state index contributed by atoms with van der Waals surface area (Å²) in [6, 6.07) is 11.9. The molecule has 0 radical (unpaired) electrons. The Hall–Kier alpha value is -3.17. The molecule has 1 saturated carbocycles. The Morgan fingerprint density at radius 2 is 1.77 bits per heavy atom. The summed E-state index contributed by atoms with van der Waals surface area (Å²) in [5.41, 5.74) is 0.905. The molecule has 0 aromatic heterocycles. The minimum atomic E-state index is -3.06. The van der Waals surface area contributed by atoms with Crippen molar-refractivity contribution < 1.29 is 27.8 Å². The molecule has 11 heteroatoms. The van der Waals surface area contributed by atoms with E-state index in [4.69, 9.17) is 4.74 Å². The summed E-state index contributed by atoms with van der Waals surface area (Å²) in [5.74, 6) is -0.927. The zero-order valence-electron chi connectivity index (χ0n) is 25.0. The lowest BCUT2D eigenvalue weighted by atomic mass is 9.97. The number of piperidine rings is 2. The Balaban J connectivity index is 1.24. The highest BCUT2D eigenvalue weighted by atomic mass is 32.3. The van der Waals surface area contributed by atoms with E-state index in [-0.39, 0.29) is 23.9 Å². The van der Waals surface area contributed by atoms with Gasteiger partial charge in [-0.2, -0.15) is 5.26 Å². The molecule has 2 aromatic carbocycles. The van der Waals surface area contributed by atoms with E-state index >= 15 is 4.39 Å². The number of likely N-dealkylation sites (tertiary alicyclic amines) is 1. The first kappa shape index (κ1) is 31.3. The number of nitrogens with zero attached hydrogens (tertiary/aromatic N) is 3. The van der Waals surface area contributed by atoms with Crippen LogP contribution >= 0.6 is 10.8 Å². The number of amides is 2. The van der Waals surface area contributed by atoms with E-state index in [1.165, 1.54) is 11.0 Å². The predicted molar refractivity (Wildman–Crippen MR) is 163 cm³/mol. The highest BCUT2D eigenvalue weighted by Crippen LogP contribution is 2.52. The average molecular weight is 613 g/mol. The molecule has 2 aromatic rings. The second kappa shape index (κ2) is 12.4. The van der Waals surface area contributed by atoms with E-state index in [9.17, 15) is 24.0 Å². The summed E-state index contributed by atoms with van der Waals surface area (Å²) in [7, 11) is -3.06. The first-order valence-corrected chi connectivity index (χ1v) is 16.5. The molecule has 2 amide bonds. The molecule has 0 spiro atoms. The van der Waals surface area contributed by atoms with Crippen LogP contribution in [0.3, 0.4) is 0 Å². The third-order valence-electron chi connectivity index (χ3n) is 8.59. The molecule has 4 atom stereocenters. The summed E-state index contributed by atoms with van der Waals surface area (Å²) in [5, 5.41) is 12.6. The van der Waals surface area contributed by atoms with Gasteiger partial charge in [0.15, 0.2) is 0 Å². The predicted octanol–water partition coefficient (Wildman–Crippen LogP) is 6.34. The lowest BCUT2D eigenvalue weighted by Gasteiger charge is -2.44. The fraction of sp³-hybridized carbons (Fsp3) is 0.531. The van der Waals surface area contributed by atoms with E-state index in [1.54, 1.807) is 61.5 Å². The van der Waals surface area contributed by atoms with E-state index < -0.39 is 46.3 Å². The van der Waals surface area contributed by atoms with Crippen LogP contribution in [-0.4, -0.2) is 67.1 Å². The Kier molecular flexibility index (Phi) is 9.05. The number of hydrogen-bond donors (Lipinski definition) is 3. The van der Waals surface area contributed by atoms with Crippen molar-refractivity contribution in [3.63, 3.8) is 0 Å². The molecular formula is C32H41FN4O5S. The minimum Gasteiger partial charge on any atom is -0.444 e. The molecule has 3 aliphatic rings. The first-order valence-electron chi connectivity index (χ1n) is 15.0. The Bertz CT molecular complexity index is 1380. The lowest BCUT2D eigenvalue weighted by Crippen LogP contribution is -2.55. The molecule has 43 heavy (non-hydrogen) atoms. The van der Waals surface area contributed by atoms with Gasteiger partial charge in [-0.25, -0.2) is 13.5 Å². The highest BCUT2D eigenvalue weighted by Gasteiger charge is 2.52. The molecule has 2 bridgehead atoms. The minimum absolute atomic E-state index is 0.00236. The van der Waals surface area contributed by atoms with Crippen LogP contribution in [-0.2, 0) is 16.0 Å². The number of benzene rings is 2. The third-order valence-corrected chi connectivity index (χ3v) is 10.6. The molecule has 0 unspecified atom stereocenters. The molecule has 2 heterocycles. The standard InChI is InChI=1S/C32H41FN4O5S/c1-32(2,3)42-31(39)37-26-12-9-24(18-26)29(37)30(38)35-25(20-34)17-23-8-7-22(19-28(23)33)21-10-13-27(14-11-21)43(40,41)36-15-5-4-6-16-36/h7-8,10-11,13-14,19,24-26,29,40-41H,4-6,9,12,15-18H2,1-3H3,(H,35,38)/t24-,25-,26+,29-/m0/s1. The second-order valence-electron chi connectivity index (χ2n) is 12.8. The van der Waals surface area contributed by atoms with Crippen LogP contribution in [0.15, 0.2) is 47.4 Å². The molecule has 9 nitrogen and oxygen atoms in total. The van der Waals surface area contributed by atoms with Gasteiger partial charge in [0.1, 0.15) is 23.5 Å². The molecular weight excluding hydrogens is 571 g/mol. The lowest BCUT2D eigenvalue weighted by molar-refractivity contribution is -0.128. The first-order chi connectivity index (χ1) is 20.4. The van der Waals surface area contributed by atoms with Gasteiger partial charge in [0.25, 0.3) is 0 Å². The number of ether oxygens (including phenoxy) is 1. The van der Waals surface area contributed by atoms with Gasteiger partial charge in [0.2, 0.25) is 5.91 Å². The number of fused-ring (bicyclic) bond motifs is 2. The van der Waals surface area contributed by atoms with Crippen LogP contribution < -0.4 is 5.32 Å². The van der Waals surface area contributed by atoms with Crippen molar-refractivity contribution in [2.45, 2.75) is 94.3 Å². The zero-order chi connectivity index (χ0) is 30.9. The van der Waals surface area contributed by atoms with Crippen LogP contribution in [0.5, 0.6) is 0 Å². The van der Waals surface area contributed by atoms with Gasteiger partial charge in [0, 0.05) is 25.6 Å². The van der Waals surface area contributed by atoms with Gasteiger partial charge in [-0.15, -0.1) is 10.8 Å². The largest absolute Gasteiger partial charge is 0.444 e. The van der Waals surface area contributed by atoms with Crippen molar-refractivity contribution in [3.8, 4) is 17.2 Å². The number of rotatable bonds is 7. The SMILES string of the molecule is CC(C)(C)OC(=O)N1[C@@H]2CC[C@@H](C2)[C@H]1C(=O)N[C@H](C#N)Cc1ccc(-c2ccc(S(O)(O)N3CCCCC3)cc2)cc1F. The molecule has 2 saturated heterocycles. The summed E-state index contributed by atoms with van der Waals surface area (Å²) >= 11 is 0. The van der Waals surface area contributed by atoms with Crippen molar-refractivity contribution in [2.24, 2.45) is 5.92 Å². The number of carbonyl (C=O) groups excluding carboxylic acids is 2. The van der Waals surface area contributed by atoms with Gasteiger partial charge in [-0.1, -0.05) is 30.7 Å². The summed E-state index contributed by atoms with van der Waals surface area (Å²) in [6.45, 7) is 6.62. The Morgan fingerprint density at radius 1 is 1.09 bits per heavy atom. The smallest absolute Gasteiger partial charge is 0.411 e. The van der Waals surface area contributed by atoms with E-state index in [0.717, 1.165) is 38.5 Å². The highest BCUT2D eigenvalue weighted by molar-refractivity contribution is 8.22. The molecule has 232 valence electrons. The van der Waals surface area contributed by atoms with Crippen molar-refractivity contribution in [1.82, 2.24) is 14.5 Å². The summed E-state index contributed by atoms with van der Waals surface area (Å²) in [6.07, 6.45) is 4.76. The van der Waals surface area contributed by atoms with E-state index in [1.807, 2.05) is 0 Å². The normalized spacial score (nSPS) is 23.5. The number of halogens is 1. The number of hydrogen-bond acceptors (Lipinski definition) is 7. The molecule has 2 aliphatic heterocycles. The van der Waals surface area contributed by atoms with Gasteiger partial charge in [-0.3, -0.25) is 18.8 Å². The average Bonchev–Trinajstić information content (AvgIpc) is 3.60. The van der Waals surface area contributed by atoms with Gasteiger partial charge >= 0.3 is 6.09 Å². The third kappa shape index (κ3) is 6.83. The molecule has 3 fully saturated rings. The quantitative estimate of drug-likeness (QED) is 0.333. The van der Waals surface area contributed by atoms with Crippen molar-refractivity contribution in [3.05, 3.63) is 53.8 Å². The van der Waals surface area contributed by atoms with Crippen LogP contribution in [0.1, 0.15) is 64.9 Å². The summed E-state index contributed by atoms with van der Waals surface area (Å²) < 4.78 is 44.2. The second-order valence-corrected chi connectivity index (χ2v) is 14.8. The molecule has 1 aliphatic carbocycles. The van der Waals surface area contributed by atoms with Gasteiger partial charge < -0.3 is 10.1 Å². The van der Waals surface area contributed by atoms with Crippen LogP contribution in [0, 0.1) is 23.1 Å². The Morgan fingerprint density at radius 3 is 2.40 bits per heavy atom. The molecule has 3 N–H and O–H groups in total. The van der Waals surface area contributed by atoms with Gasteiger partial charge in [-0.05, 0) is 93.7 Å². The monoisotopic (exact) mass is 612 g/mol. The van der Waals surface area contributed by atoms with Crippen LogP contribution in [0.25, 0.3) is 11.1 Å². The molecule has 5 rings (SSSR count).